The van der Waals surface area contributed by atoms with Gasteiger partial charge in [0.15, 0.2) is 0 Å². The summed E-state index contributed by atoms with van der Waals surface area (Å²) in [5.74, 6) is 1.55. The summed E-state index contributed by atoms with van der Waals surface area (Å²) in [5, 5.41) is 3.45. The lowest BCUT2D eigenvalue weighted by Gasteiger charge is -2.22. The van der Waals surface area contributed by atoms with E-state index in [1.54, 1.807) is 0 Å². The van der Waals surface area contributed by atoms with Crippen molar-refractivity contribution in [3.05, 3.63) is 29.8 Å². The van der Waals surface area contributed by atoms with Crippen LogP contribution in [-0.4, -0.2) is 19.2 Å². The lowest BCUT2D eigenvalue weighted by atomic mass is 10.1. The SMILES string of the molecule is CCNC(COc1ccc(CC)cc1)C(C)C. The molecule has 1 aromatic rings. The number of hydrogen-bond donors (Lipinski definition) is 1. The lowest BCUT2D eigenvalue weighted by molar-refractivity contribution is 0.232. The van der Waals surface area contributed by atoms with Crippen LogP contribution in [0.15, 0.2) is 24.3 Å². The monoisotopic (exact) mass is 235 g/mol. The van der Waals surface area contributed by atoms with E-state index in [2.05, 4.69) is 57.3 Å². The molecule has 1 aromatic carbocycles. The normalized spacial score (nSPS) is 12.8. The van der Waals surface area contributed by atoms with Gasteiger partial charge in [0, 0.05) is 6.04 Å². The quantitative estimate of drug-likeness (QED) is 0.783. The van der Waals surface area contributed by atoms with Crippen molar-refractivity contribution in [1.29, 1.82) is 0 Å². The predicted octanol–water partition coefficient (Wildman–Crippen LogP) is 3.26. The van der Waals surface area contributed by atoms with Crippen molar-refractivity contribution in [2.45, 2.75) is 40.2 Å². The Hall–Kier alpha value is -1.02. The Morgan fingerprint density at radius 3 is 2.24 bits per heavy atom. The molecule has 0 saturated carbocycles. The Labute approximate surface area is 105 Å². The summed E-state index contributed by atoms with van der Waals surface area (Å²) >= 11 is 0. The molecule has 96 valence electrons. The highest BCUT2D eigenvalue weighted by Crippen LogP contribution is 2.13. The minimum atomic E-state index is 0.422. The van der Waals surface area contributed by atoms with Crippen LogP contribution in [0.2, 0.25) is 0 Å². The number of aryl methyl sites for hydroxylation is 1. The first-order valence-corrected chi connectivity index (χ1v) is 6.62. The highest BCUT2D eigenvalue weighted by Gasteiger charge is 2.12. The van der Waals surface area contributed by atoms with E-state index in [0.717, 1.165) is 25.3 Å². The number of benzene rings is 1. The van der Waals surface area contributed by atoms with Gasteiger partial charge in [-0.05, 0) is 36.6 Å². The number of likely N-dealkylation sites (N-methyl/N-ethyl adjacent to an activating group) is 1. The zero-order valence-electron chi connectivity index (χ0n) is 11.5. The zero-order chi connectivity index (χ0) is 12.7. The standard InChI is InChI=1S/C15H25NO/c1-5-13-7-9-14(10-8-13)17-11-15(12(3)4)16-6-2/h7-10,12,15-16H,5-6,11H2,1-4H3. The number of rotatable bonds is 7. The topological polar surface area (TPSA) is 21.3 Å². The molecule has 2 nitrogen and oxygen atoms in total. The Morgan fingerprint density at radius 1 is 1.12 bits per heavy atom. The van der Waals surface area contributed by atoms with Crippen LogP contribution in [0, 0.1) is 5.92 Å². The average Bonchev–Trinajstić information content (AvgIpc) is 2.34. The third-order valence-electron chi connectivity index (χ3n) is 3.03. The molecule has 0 spiro atoms. The molecule has 0 bridgehead atoms. The molecule has 0 fully saturated rings. The van der Waals surface area contributed by atoms with Gasteiger partial charge >= 0.3 is 0 Å². The third kappa shape index (κ3) is 4.78. The Morgan fingerprint density at radius 2 is 1.76 bits per heavy atom. The molecule has 0 aliphatic heterocycles. The Balaban J connectivity index is 2.47. The van der Waals surface area contributed by atoms with Crippen molar-refractivity contribution in [3.63, 3.8) is 0 Å². The summed E-state index contributed by atoms with van der Waals surface area (Å²) in [6.45, 7) is 10.5. The lowest BCUT2D eigenvalue weighted by Crippen LogP contribution is -2.38. The van der Waals surface area contributed by atoms with Crippen LogP contribution in [-0.2, 0) is 6.42 Å². The zero-order valence-corrected chi connectivity index (χ0v) is 11.5. The van der Waals surface area contributed by atoms with E-state index in [9.17, 15) is 0 Å². The van der Waals surface area contributed by atoms with Crippen LogP contribution in [0.5, 0.6) is 5.75 Å². The molecule has 0 saturated heterocycles. The summed E-state index contributed by atoms with van der Waals surface area (Å²) in [6.07, 6.45) is 1.08. The predicted molar refractivity (Wildman–Crippen MR) is 73.6 cm³/mol. The molecular formula is C15H25NO. The minimum Gasteiger partial charge on any atom is -0.492 e. The minimum absolute atomic E-state index is 0.422. The Bertz CT molecular complexity index is 305. The maximum atomic E-state index is 5.82. The second-order valence-corrected chi connectivity index (χ2v) is 4.72. The van der Waals surface area contributed by atoms with E-state index in [4.69, 9.17) is 4.74 Å². The van der Waals surface area contributed by atoms with E-state index < -0.39 is 0 Å². The maximum Gasteiger partial charge on any atom is 0.119 e. The van der Waals surface area contributed by atoms with Crippen LogP contribution in [0.3, 0.4) is 0 Å². The summed E-state index contributed by atoms with van der Waals surface area (Å²) in [7, 11) is 0. The fraction of sp³-hybridized carbons (Fsp3) is 0.600. The van der Waals surface area contributed by atoms with Gasteiger partial charge in [-0.25, -0.2) is 0 Å². The van der Waals surface area contributed by atoms with Crippen LogP contribution in [0.4, 0.5) is 0 Å². The molecule has 1 atom stereocenters. The molecule has 0 aliphatic carbocycles. The van der Waals surface area contributed by atoms with E-state index in [1.165, 1.54) is 5.56 Å². The fourth-order valence-corrected chi connectivity index (χ4v) is 1.76. The number of hydrogen-bond acceptors (Lipinski definition) is 2. The van der Waals surface area contributed by atoms with E-state index in [1.807, 2.05) is 0 Å². The van der Waals surface area contributed by atoms with Gasteiger partial charge < -0.3 is 10.1 Å². The molecule has 1 rings (SSSR count). The van der Waals surface area contributed by atoms with Gasteiger partial charge in [0.1, 0.15) is 12.4 Å². The van der Waals surface area contributed by atoms with Gasteiger partial charge in [-0.3, -0.25) is 0 Å². The summed E-state index contributed by atoms with van der Waals surface area (Å²) in [4.78, 5) is 0. The fourth-order valence-electron chi connectivity index (χ4n) is 1.76. The highest BCUT2D eigenvalue weighted by molar-refractivity contribution is 5.27. The van der Waals surface area contributed by atoms with Crippen LogP contribution in [0.1, 0.15) is 33.3 Å². The van der Waals surface area contributed by atoms with Crippen molar-refractivity contribution >= 4 is 0 Å². The first kappa shape index (κ1) is 14.0. The van der Waals surface area contributed by atoms with Crippen molar-refractivity contribution < 1.29 is 4.74 Å². The van der Waals surface area contributed by atoms with Crippen LogP contribution in [0.25, 0.3) is 0 Å². The van der Waals surface area contributed by atoms with E-state index in [-0.39, 0.29) is 0 Å². The summed E-state index contributed by atoms with van der Waals surface area (Å²) in [5.41, 5.74) is 1.35. The largest absolute Gasteiger partial charge is 0.492 e. The highest BCUT2D eigenvalue weighted by atomic mass is 16.5. The molecule has 1 unspecified atom stereocenters. The summed E-state index contributed by atoms with van der Waals surface area (Å²) in [6, 6.07) is 8.80. The van der Waals surface area contributed by atoms with Gasteiger partial charge in [-0.1, -0.05) is 39.8 Å². The second-order valence-electron chi connectivity index (χ2n) is 4.72. The van der Waals surface area contributed by atoms with Crippen molar-refractivity contribution in [3.8, 4) is 5.75 Å². The van der Waals surface area contributed by atoms with E-state index >= 15 is 0 Å². The van der Waals surface area contributed by atoms with Gasteiger partial charge in [0.05, 0.1) is 0 Å². The second kappa shape index (κ2) is 7.33. The number of nitrogens with one attached hydrogen (secondary N) is 1. The molecule has 0 radical (unpaired) electrons. The molecule has 0 heterocycles. The van der Waals surface area contributed by atoms with E-state index in [0.29, 0.717) is 12.0 Å². The molecule has 0 aliphatic rings. The van der Waals surface area contributed by atoms with Crippen molar-refractivity contribution in [1.82, 2.24) is 5.32 Å². The molecule has 0 amide bonds. The number of ether oxygens (including phenoxy) is 1. The van der Waals surface area contributed by atoms with Crippen molar-refractivity contribution in [2.24, 2.45) is 5.92 Å². The van der Waals surface area contributed by atoms with Gasteiger partial charge in [0.25, 0.3) is 0 Å². The molecule has 2 heteroatoms. The van der Waals surface area contributed by atoms with Crippen LogP contribution >= 0.6 is 0 Å². The molecule has 0 aromatic heterocycles. The first-order chi connectivity index (χ1) is 8.17. The Kier molecular flexibility index (Phi) is 6.06. The summed E-state index contributed by atoms with van der Waals surface area (Å²) < 4.78 is 5.82. The maximum absolute atomic E-state index is 5.82. The average molecular weight is 235 g/mol. The first-order valence-electron chi connectivity index (χ1n) is 6.62. The van der Waals surface area contributed by atoms with Crippen molar-refractivity contribution in [2.75, 3.05) is 13.2 Å². The molecular weight excluding hydrogens is 210 g/mol. The van der Waals surface area contributed by atoms with Gasteiger partial charge in [0.2, 0.25) is 0 Å². The van der Waals surface area contributed by atoms with Gasteiger partial charge in [-0.15, -0.1) is 0 Å². The molecule has 1 N–H and O–H groups in total. The van der Waals surface area contributed by atoms with Crippen LogP contribution < -0.4 is 10.1 Å². The molecule has 17 heavy (non-hydrogen) atoms. The third-order valence-corrected chi connectivity index (χ3v) is 3.03. The smallest absolute Gasteiger partial charge is 0.119 e. The van der Waals surface area contributed by atoms with Gasteiger partial charge in [-0.2, -0.15) is 0 Å².